The predicted molar refractivity (Wildman–Crippen MR) is 100 cm³/mol. The molecule has 1 aliphatic heterocycles. The van der Waals surface area contributed by atoms with Crippen LogP contribution < -0.4 is 10.1 Å². The number of ether oxygens (including phenoxy) is 2. The summed E-state index contributed by atoms with van der Waals surface area (Å²) in [6.45, 7) is 0.565. The number of rotatable bonds is 4. The number of fused-ring (bicyclic) bond motifs is 1. The lowest BCUT2D eigenvalue weighted by molar-refractivity contribution is -0.135. The van der Waals surface area contributed by atoms with Crippen LogP contribution in [-0.4, -0.2) is 34.6 Å². The van der Waals surface area contributed by atoms with Gasteiger partial charge in [0.05, 0.1) is 6.61 Å². The zero-order chi connectivity index (χ0) is 19.3. The van der Waals surface area contributed by atoms with Crippen LogP contribution in [0.25, 0.3) is 0 Å². The van der Waals surface area contributed by atoms with Crippen LogP contribution >= 0.6 is 0 Å². The Balaban J connectivity index is 1.31. The first kappa shape index (κ1) is 18.4. The molecular formula is C21H22N4O3. The monoisotopic (exact) mass is 378 g/mol. The number of nitriles is 1. The van der Waals surface area contributed by atoms with Crippen molar-refractivity contribution in [2.24, 2.45) is 0 Å². The van der Waals surface area contributed by atoms with Crippen LogP contribution in [0.2, 0.25) is 0 Å². The van der Waals surface area contributed by atoms with Crippen molar-refractivity contribution < 1.29 is 14.3 Å². The minimum atomic E-state index is -0.531. The Morgan fingerprint density at radius 3 is 2.79 bits per heavy atom. The van der Waals surface area contributed by atoms with Crippen molar-refractivity contribution in [2.75, 3.05) is 6.61 Å². The second kappa shape index (κ2) is 8.36. The van der Waals surface area contributed by atoms with Crippen molar-refractivity contribution in [1.82, 2.24) is 15.3 Å². The van der Waals surface area contributed by atoms with Crippen LogP contribution in [0.3, 0.4) is 0 Å². The van der Waals surface area contributed by atoms with Crippen molar-refractivity contribution in [3.8, 4) is 11.9 Å². The lowest BCUT2D eigenvalue weighted by atomic mass is 9.92. The summed E-state index contributed by atoms with van der Waals surface area (Å²) in [5.41, 5.74) is 2.35. The average molecular weight is 378 g/mol. The van der Waals surface area contributed by atoms with Crippen molar-refractivity contribution in [3.05, 3.63) is 53.5 Å². The Labute approximate surface area is 163 Å². The molecule has 7 nitrogen and oxygen atoms in total. The molecular weight excluding hydrogens is 356 g/mol. The zero-order valence-electron chi connectivity index (χ0n) is 15.5. The average Bonchev–Trinajstić information content (AvgIpc) is 2.75. The molecule has 2 aliphatic rings. The molecule has 144 valence electrons. The highest BCUT2D eigenvalue weighted by atomic mass is 16.5. The molecule has 0 spiro atoms. The first-order valence-corrected chi connectivity index (χ1v) is 9.62. The fraction of sp³-hybridized carbons (Fsp3) is 0.429. The molecule has 1 unspecified atom stereocenters. The molecule has 1 amide bonds. The quantitative estimate of drug-likeness (QED) is 0.878. The van der Waals surface area contributed by atoms with Crippen LogP contribution in [-0.2, 0) is 16.0 Å². The summed E-state index contributed by atoms with van der Waals surface area (Å²) in [5.74, 6) is 0.210. The minimum absolute atomic E-state index is 0.0244. The van der Waals surface area contributed by atoms with E-state index in [-0.39, 0.29) is 29.6 Å². The Kier molecular flexibility index (Phi) is 5.49. The standard InChI is InChI=1S/C21H22N4O3/c22-13-18-21(24-11-10-23-18)28-16-7-5-15(6-8-16)25-20(26)19-17-4-2-1-3-14(17)9-12-27-19/h1-4,10-11,15-16,19H,5-9,12H2,(H,25,26). The van der Waals surface area contributed by atoms with Gasteiger partial charge in [0.25, 0.3) is 11.8 Å². The van der Waals surface area contributed by atoms with Crippen molar-refractivity contribution in [1.29, 1.82) is 5.26 Å². The van der Waals surface area contributed by atoms with E-state index in [1.807, 2.05) is 24.3 Å². The second-order valence-corrected chi connectivity index (χ2v) is 7.12. The summed E-state index contributed by atoms with van der Waals surface area (Å²) < 4.78 is 11.6. The molecule has 28 heavy (non-hydrogen) atoms. The van der Waals surface area contributed by atoms with Crippen LogP contribution in [0.15, 0.2) is 36.7 Å². The van der Waals surface area contributed by atoms with E-state index in [0.717, 1.165) is 37.7 Å². The lowest BCUT2D eigenvalue weighted by Crippen LogP contribution is -2.43. The van der Waals surface area contributed by atoms with Gasteiger partial charge in [-0.15, -0.1) is 0 Å². The fourth-order valence-electron chi connectivity index (χ4n) is 3.86. The van der Waals surface area contributed by atoms with Gasteiger partial charge in [0.2, 0.25) is 5.69 Å². The number of aromatic nitrogens is 2. The van der Waals surface area contributed by atoms with E-state index in [4.69, 9.17) is 14.7 Å². The molecule has 2 aromatic rings. The molecule has 0 saturated heterocycles. The molecule has 7 heteroatoms. The van der Waals surface area contributed by atoms with Crippen LogP contribution in [0.1, 0.15) is 48.6 Å². The topological polar surface area (TPSA) is 97.1 Å². The van der Waals surface area contributed by atoms with Gasteiger partial charge >= 0.3 is 0 Å². The first-order valence-electron chi connectivity index (χ1n) is 9.62. The highest BCUT2D eigenvalue weighted by molar-refractivity contribution is 5.83. The molecule has 1 fully saturated rings. The molecule has 1 saturated carbocycles. The third kappa shape index (κ3) is 3.97. The van der Waals surface area contributed by atoms with E-state index in [0.29, 0.717) is 6.61 Å². The third-order valence-electron chi connectivity index (χ3n) is 5.30. The second-order valence-electron chi connectivity index (χ2n) is 7.12. The molecule has 1 atom stereocenters. The van der Waals surface area contributed by atoms with Gasteiger partial charge in [-0.25, -0.2) is 9.97 Å². The number of nitrogens with one attached hydrogen (secondary N) is 1. The smallest absolute Gasteiger partial charge is 0.253 e. The summed E-state index contributed by atoms with van der Waals surface area (Å²) >= 11 is 0. The van der Waals surface area contributed by atoms with Gasteiger partial charge in [0, 0.05) is 18.4 Å². The number of hydrogen-bond acceptors (Lipinski definition) is 6. The van der Waals surface area contributed by atoms with Gasteiger partial charge in [0.15, 0.2) is 6.10 Å². The Morgan fingerprint density at radius 1 is 1.18 bits per heavy atom. The fourth-order valence-corrected chi connectivity index (χ4v) is 3.86. The first-order chi connectivity index (χ1) is 13.7. The molecule has 1 N–H and O–H groups in total. The summed E-state index contributed by atoms with van der Waals surface area (Å²) in [6.07, 6.45) is 6.48. The van der Waals surface area contributed by atoms with Gasteiger partial charge in [-0.2, -0.15) is 5.26 Å². The largest absolute Gasteiger partial charge is 0.472 e. The summed E-state index contributed by atoms with van der Waals surface area (Å²) in [5, 5.41) is 12.2. The van der Waals surface area contributed by atoms with Crippen molar-refractivity contribution in [2.45, 2.75) is 50.4 Å². The number of hydrogen-bond donors (Lipinski definition) is 1. The van der Waals surface area contributed by atoms with E-state index < -0.39 is 6.10 Å². The maximum atomic E-state index is 12.8. The summed E-state index contributed by atoms with van der Waals surface area (Å²) in [7, 11) is 0. The van der Waals surface area contributed by atoms with Gasteiger partial charge in [-0.05, 0) is 43.2 Å². The predicted octanol–water partition coefficient (Wildman–Crippen LogP) is 2.47. The molecule has 1 aromatic carbocycles. The summed E-state index contributed by atoms with van der Waals surface area (Å²) in [4.78, 5) is 20.8. The SMILES string of the molecule is N#Cc1nccnc1OC1CCC(NC(=O)C2OCCc3ccccc32)CC1. The van der Waals surface area contributed by atoms with E-state index in [1.165, 1.54) is 18.0 Å². The van der Waals surface area contributed by atoms with Crippen molar-refractivity contribution >= 4 is 5.91 Å². The Morgan fingerprint density at radius 2 is 1.96 bits per heavy atom. The molecule has 2 heterocycles. The zero-order valence-corrected chi connectivity index (χ0v) is 15.5. The van der Waals surface area contributed by atoms with Gasteiger partial charge in [-0.1, -0.05) is 24.3 Å². The molecule has 4 rings (SSSR count). The highest BCUT2D eigenvalue weighted by Crippen LogP contribution is 2.29. The summed E-state index contributed by atoms with van der Waals surface area (Å²) in [6, 6.07) is 10.1. The number of carbonyl (C=O) groups excluding carboxylic acids is 1. The van der Waals surface area contributed by atoms with E-state index in [9.17, 15) is 4.79 Å². The molecule has 0 bridgehead atoms. The van der Waals surface area contributed by atoms with Crippen LogP contribution in [0.5, 0.6) is 5.88 Å². The molecule has 1 aromatic heterocycles. The van der Waals surface area contributed by atoms with Crippen LogP contribution in [0.4, 0.5) is 0 Å². The normalized spacial score (nSPS) is 23.9. The van der Waals surface area contributed by atoms with E-state index in [1.54, 1.807) is 0 Å². The van der Waals surface area contributed by atoms with E-state index >= 15 is 0 Å². The third-order valence-corrected chi connectivity index (χ3v) is 5.30. The van der Waals surface area contributed by atoms with Crippen LogP contribution in [0, 0.1) is 11.3 Å². The maximum Gasteiger partial charge on any atom is 0.253 e. The van der Waals surface area contributed by atoms with Gasteiger partial charge < -0.3 is 14.8 Å². The number of nitrogens with zero attached hydrogens (tertiary/aromatic N) is 3. The highest BCUT2D eigenvalue weighted by Gasteiger charge is 2.30. The number of amides is 1. The number of benzene rings is 1. The Bertz CT molecular complexity index is 887. The van der Waals surface area contributed by atoms with Gasteiger partial charge in [-0.3, -0.25) is 4.79 Å². The number of carbonyl (C=O) groups is 1. The molecule has 0 radical (unpaired) electrons. The Hall–Kier alpha value is -2.98. The lowest BCUT2D eigenvalue weighted by Gasteiger charge is -2.31. The maximum absolute atomic E-state index is 12.8. The minimum Gasteiger partial charge on any atom is -0.472 e. The van der Waals surface area contributed by atoms with E-state index in [2.05, 4.69) is 21.4 Å². The van der Waals surface area contributed by atoms with Crippen molar-refractivity contribution in [3.63, 3.8) is 0 Å². The molecule has 1 aliphatic carbocycles. The van der Waals surface area contributed by atoms with Gasteiger partial charge in [0.1, 0.15) is 12.2 Å².